The topological polar surface area (TPSA) is 34.2 Å². The van der Waals surface area contributed by atoms with Crippen molar-refractivity contribution in [2.75, 3.05) is 6.54 Å². The predicted molar refractivity (Wildman–Crippen MR) is 78.5 cm³/mol. The Morgan fingerprint density at radius 2 is 2.21 bits per heavy atom. The van der Waals surface area contributed by atoms with Crippen LogP contribution in [-0.2, 0) is 11.3 Å². The van der Waals surface area contributed by atoms with Crippen molar-refractivity contribution in [2.45, 2.75) is 70.1 Å². The Labute approximate surface area is 119 Å². The molecule has 1 aliphatic carbocycles. The molecule has 2 aliphatic rings. The van der Waals surface area contributed by atoms with Gasteiger partial charge in [0.1, 0.15) is 0 Å². The molecule has 1 saturated carbocycles. The first-order valence-electron chi connectivity index (χ1n) is 7.55. The molecule has 1 atom stereocenters. The molecule has 1 spiro atoms. The van der Waals surface area contributed by atoms with Crippen LogP contribution in [0.25, 0.3) is 0 Å². The lowest BCUT2D eigenvalue weighted by Gasteiger charge is -2.33. The predicted octanol–water partition coefficient (Wildman–Crippen LogP) is 3.42. The SMILES string of the molecule is Cc1nc(CNCC2CCC3(CCCCC3)O2)cs1. The van der Waals surface area contributed by atoms with E-state index in [1.807, 2.05) is 0 Å². The molecule has 19 heavy (non-hydrogen) atoms. The number of rotatable bonds is 4. The number of aryl methyl sites for hydroxylation is 1. The van der Waals surface area contributed by atoms with E-state index in [2.05, 4.69) is 22.6 Å². The van der Waals surface area contributed by atoms with E-state index in [0.29, 0.717) is 6.10 Å². The zero-order chi connectivity index (χ0) is 13.1. The van der Waals surface area contributed by atoms with Crippen molar-refractivity contribution in [1.29, 1.82) is 0 Å². The Kier molecular flexibility index (Phi) is 4.20. The molecule has 1 aromatic heterocycles. The minimum Gasteiger partial charge on any atom is -0.370 e. The summed E-state index contributed by atoms with van der Waals surface area (Å²) in [6.07, 6.45) is 9.60. The molecule has 1 unspecified atom stereocenters. The summed E-state index contributed by atoms with van der Waals surface area (Å²) in [5.41, 5.74) is 1.41. The molecule has 4 heteroatoms. The van der Waals surface area contributed by atoms with E-state index in [9.17, 15) is 0 Å². The van der Waals surface area contributed by atoms with Gasteiger partial charge in [0.2, 0.25) is 0 Å². The van der Waals surface area contributed by atoms with Gasteiger partial charge in [-0.05, 0) is 32.6 Å². The molecular weight excluding hydrogens is 256 g/mol. The molecule has 0 aromatic carbocycles. The standard InChI is InChI=1S/C15H24N2OS/c1-12-17-13(11-19-12)9-16-10-14-5-8-15(18-14)6-3-2-4-7-15/h11,14,16H,2-10H2,1H3. The van der Waals surface area contributed by atoms with Crippen molar-refractivity contribution in [1.82, 2.24) is 10.3 Å². The van der Waals surface area contributed by atoms with Gasteiger partial charge >= 0.3 is 0 Å². The third kappa shape index (κ3) is 3.36. The highest BCUT2D eigenvalue weighted by Crippen LogP contribution is 2.41. The van der Waals surface area contributed by atoms with Gasteiger partial charge < -0.3 is 10.1 Å². The summed E-state index contributed by atoms with van der Waals surface area (Å²) in [6, 6.07) is 0. The zero-order valence-electron chi connectivity index (χ0n) is 11.8. The van der Waals surface area contributed by atoms with Crippen LogP contribution < -0.4 is 5.32 Å². The lowest BCUT2D eigenvalue weighted by atomic mass is 9.83. The highest BCUT2D eigenvalue weighted by molar-refractivity contribution is 7.09. The number of thiazole rings is 1. The Morgan fingerprint density at radius 1 is 1.37 bits per heavy atom. The van der Waals surface area contributed by atoms with E-state index in [1.165, 1.54) is 44.9 Å². The first-order valence-corrected chi connectivity index (χ1v) is 8.43. The second-order valence-corrected chi connectivity index (χ2v) is 7.07. The Morgan fingerprint density at radius 3 is 2.95 bits per heavy atom. The third-order valence-corrected chi connectivity index (χ3v) is 5.27. The average molecular weight is 280 g/mol. The van der Waals surface area contributed by atoms with Gasteiger partial charge in [0.05, 0.1) is 22.4 Å². The Bertz CT molecular complexity index is 412. The second-order valence-electron chi connectivity index (χ2n) is 6.01. The van der Waals surface area contributed by atoms with Crippen LogP contribution in [0.3, 0.4) is 0 Å². The van der Waals surface area contributed by atoms with Crippen LogP contribution in [0.5, 0.6) is 0 Å². The van der Waals surface area contributed by atoms with E-state index in [0.717, 1.165) is 23.8 Å². The number of aromatic nitrogens is 1. The van der Waals surface area contributed by atoms with Gasteiger partial charge in [-0.2, -0.15) is 0 Å². The van der Waals surface area contributed by atoms with Crippen molar-refractivity contribution in [3.8, 4) is 0 Å². The molecule has 0 amide bonds. The normalized spacial score (nSPS) is 26.1. The molecule has 0 bridgehead atoms. The van der Waals surface area contributed by atoms with E-state index >= 15 is 0 Å². The Hall–Kier alpha value is -0.450. The number of hydrogen-bond donors (Lipinski definition) is 1. The lowest BCUT2D eigenvalue weighted by molar-refractivity contribution is -0.0624. The van der Waals surface area contributed by atoms with Gasteiger partial charge in [-0.15, -0.1) is 11.3 Å². The lowest BCUT2D eigenvalue weighted by Crippen LogP contribution is -2.34. The third-order valence-electron chi connectivity index (χ3n) is 4.45. The van der Waals surface area contributed by atoms with Crippen LogP contribution in [0.15, 0.2) is 5.38 Å². The smallest absolute Gasteiger partial charge is 0.0897 e. The largest absolute Gasteiger partial charge is 0.370 e. The van der Waals surface area contributed by atoms with Gasteiger partial charge in [0, 0.05) is 18.5 Å². The highest BCUT2D eigenvalue weighted by atomic mass is 32.1. The quantitative estimate of drug-likeness (QED) is 0.917. The molecule has 2 heterocycles. The summed E-state index contributed by atoms with van der Waals surface area (Å²) < 4.78 is 6.35. The maximum atomic E-state index is 6.35. The molecule has 1 saturated heterocycles. The molecule has 3 rings (SSSR count). The van der Waals surface area contributed by atoms with Crippen LogP contribution in [0.4, 0.5) is 0 Å². The fourth-order valence-corrected chi connectivity index (χ4v) is 4.07. The van der Waals surface area contributed by atoms with Gasteiger partial charge in [0.15, 0.2) is 0 Å². The number of hydrogen-bond acceptors (Lipinski definition) is 4. The molecule has 2 fully saturated rings. The molecule has 0 radical (unpaired) electrons. The van der Waals surface area contributed by atoms with Crippen LogP contribution in [0.2, 0.25) is 0 Å². The van der Waals surface area contributed by atoms with Crippen LogP contribution >= 0.6 is 11.3 Å². The van der Waals surface area contributed by atoms with Gasteiger partial charge in [-0.3, -0.25) is 0 Å². The average Bonchev–Trinajstić information content (AvgIpc) is 2.99. The zero-order valence-corrected chi connectivity index (χ0v) is 12.6. The van der Waals surface area contributed by atoms with E-state index in [4.69, 9.17) is 4.74 Å². The number of nitrogens with zero attached hydrogens (tertiary/aromatic N) is 1. The molecule has 3 nitrogen and oxygen atoms in total. The van der Waals surface area contributed by atoms with E-state index < -0.39 is 0 Å². The maximum absolute atomic E-state index is 6.35. The van der Waals surface area contributed by atoms with E-state index in [1.54, 1.807) is 11.3 Å². The summed E-state index contributed by atoms with van der Waals surface area (Å²) in [4.78, 5) is 4.47. The summed E-state index contributed by atoms with van der Waals surface area (Å²) in [5.74, 6) is 0. The minimum absolute atomic E-state index is 0.252. The van der Waals surface area contributed by atoms with Crippen molar-refractivity contribution in [2.24, 2.45) is 0 Å². The summed E-state index contributed by atoms with van der Waals surface area (Å²) in [6.45, 7) is 3.90. The fraction of sp³-hybridized carbons (Fsp3) is 0.800. The second kappa shape index (κ2) is 5.90. The van der Waals surface area contributed by atoms with Gasteiger partial charge in [-0.1, -0.05) is 19.3 Å². The van der Waals surface area contributed by atoms with Gasteiger partial charge in [-0.25, -0.2) is 4.98 Å². The van der Waals surface area contributed by atoms with Crippen molar-refractivity contribution >= 4 is 11.3 Å². The first kappa shape index (κ1) is 13.5. The highest BCUT2D eigenvalue weighted by Gasteiger charge is 2.40. The van der Waals surface area contributed by atoms with Gasteiger partial charge in [0.25, 0.3) is 0 Å². The summed E-state index contributed by atoms with van der Waals surface area (Å²) in [5, 5.41) is 6.79. The van der Waals surface area contributed by atoms with Crippen LogP contribution in [0, 0.1) is 6.92 Å². The molecule has 106 valence electrons. The molecule has 1 aliphatic heterocycles. The van der Waals surface area contributed by atoms with Crippen molar-refractivity contribution in [3.63, 3.8) is 0 Å². The minimum atomic E-state index is 0.252. The van der Waals surface area contributed by atoms with Crippen molar-refractivity contribution in [3.05, 3.63) is 16.1 Å². The Balaban J connectivity index is 1.42. The first-order chi connectivity index (χ1) is 9.26. The monoisotopic (exact) mass is 280 g/mol. The van der Waals surface area contributed by atoms with Crippen LogP contribution in [0.1, 0.15) is 55.6 Å². The number of ether oxygens (including phenoxy) is 1. The molecular formula is C15H24N2OS. The van der Waals surface area contributed by atoms with Crippen LogP contribution in [-0.4, -0.2) is 23.2 Å². The molecule has 1 aromatic rings. The van der Waals surface area contributed by atoms with E-state index in [-0.39, 0.29) is 5.60 Å². The summed E-state index contributed by atoms with van der Waals surface area (Å²) in [7, 11) is 0. The summed E-state index contributed by atoms with van der Waals surface area (Å²) >= 11 is 1.72. The maximum Gasteiger partial charge on any atom is 0.0897 e. The van der Waals surface area contributed by atoms with Crippen molar-refractivity contribution < 1.29 is 4.74 Å². The fourth-order valence-electron chi connectivity index (χ4n) is 3.45. The number of nitrogens with one attached hydrogen (secondary N) is 1. The molecule has 1 N–H and O–H groups in total.